The van der Waals surface area contributed by atoms with E-state index in [9.17, 15) is 4.79 Å². The quantitative estimate of drug-likeness (QED) is 0.808. The number of anilines is 1. The summed E-state index contributed by atoms with van der Waals surface area (Å²) in [6.45, 7) is 8.46. The van der Waals surface area contributed by atoms with Gasteiger partial charge >= 0.3 is 0 Å². The van der Waals surface area contributed by atoms with Crippen LogP contribution in [0.25, 0.3) is 0 Å². The number of carbonyl (C=O) groups is 1. The molecule has 1 amide bonds. The van der Waals surface area contributed by atoms with E-state index < -0.39 is 0 Å². The van der Waals surface area contributed by atoms with Gasteiger partial charge in [0.1, 0.15) is 5.76 Å². The summed E-state index contributed by atoms with van der Waals surface area (Å²) in [6, 6.07) is 11.8. The van der Waals surface area contributed by atoms with Gasteiger partial charge in [0.05, 0.1) is 6.54 Å². The van der Waals surface area contributed by atoms with Crippen molar-refractivity contribution in [2.24, 2.45) is 5.92 Å². The molecule has 5 nitrogen and oxygen atoms in total. The third-order valence-electron chi connectivity index (χ3n) is 6.00. The summed E-state index contributed by atoms with van der Waals surface area (Å²) in [5, 5.41) is 3.05. The summed E-state index contributed by atoms with van der Waals surface area (Å²) in [4.78, 5) is 17.6. The average Bonchev–Trinajstić information content (AvgIpc) is 3.37. The molecule has 1 aromatic carbocycles. The molecule has 0 saturated carbocycles. The molecular formula is C23H31N3O2. The number of likely N-dealkylation sites (tertiary alicyclic amines) is 2. The molecule has 2 aliphatic rings. The Morgan fingerprint density at radius 3 is 2.50 bits per heavy atom. The first-order valence-electron chi connectivity index (χ1n) is 10.6. The molecule has 0 spiro atoms. The lowest BCUT2D eigenvalue weighted by molar-refractivity contribution is 0.0991. The van der Waals surface area contributed by atoms with Gasteiger partial charge in [-0.2, -0.15) is 0 Å². The van der Waals surface area contributed by atoms with Crippen LogP contribution in [-0.2, 0) is 13.1 Å². The second-order valence-electron chi connectivity index (χ2n) is 8.32. The molecule has 28 heavy (non-hydrogen) atoms. The van der Waals surface area contributed by atoms with Gasteiger partial charge in [0.25, 0.3) is 5.91 Å². The van der Waals surface area contributed by atoms with Crippen LogP contribution in [0.4, 0.5) is 5.69 Å². The number of para-hydroxylation sites is 1. The van der Waals surface area contributed by atoms with E-state index in [0.717, 1.165) is 62.2 Å². The Bertz CT molecular complexity index is 787. The third-order valence-corrected chi connectivity index (χ3v) is 6.00. The molecular weight excluding hydrogens is 350 g/mol. The molecule has 0 radical (unpaired) electrons. The fourth-order valence-electron chi connectivity index (χ4n) is 4.17. The first-order chi connectivity index (χ1) is 13.7. The highest BCUT2D eigenvalue weighted by molar-refractivity contribution is 6.02. The van der Waals surface area contributed by atoms with Gasteiger partial charge in [-0.25, -0.2) is 0 Å². The van der Waals surface area contributed by atoms with E-state index in [4.69, 9.17) is 4.42 Å². The fourth-order valence-corrected chi connectivity index (χ4v) is 4.17. The Kier molecular flexibility index (Phi) is 6.13. The molecule has 0 aliphatic carbocycles. The van der Waals surface area contributed by atoms with E-state index in [1.54, 1.807) is 6.07 Å². The summed E-state index contributed by atoms with van der Waals surface area (Å²) in [5.41, 5.74) is 2.04. The van der Waals surface area contributed by atoms with Gasteiger partial charge in [0.2, 0.25) is 0 Å². The van der Waals surface area contributed by atoms with Crippen molar-refractivity contribution in [3.63, 3.8) is 0 Å². The van der Waals surface area contributed by atoms with E-state index in [0.29, 0.717) is 5.76 Å². The maximum Gasteiger partial charge on any atom is 0.291 e. The van der Waals surface area contributed by atoms with E-state index in [2.05, 4.69) is 28.1 Å². The summed E-state index contributed by atoms with van der Waals surface area (Å²) in [7, 11) is 0. The molecule has 0 bridgehead atoms. The molecule has 0 atom stereocenters. The average molecular weight is 382 g/mol. The number of rotatable bonds is 6. The van der Waals surface area contributed by atoms with Crippen molar-refractivity contribution in [1.82, 2.24) is 9.80 Å². The molecule has 150 valence electrons. The predicted molar refractivity (Wildman–Crippen MR) is 111 cm³/mol. The first kappa shape index (κ1) is 19.2. The van der Waals surface area contributed by atoms with E-state index in [-0.39, 0.29) is 5.91 Å². The predicted octanol–water partition coefficient (Wildman–Crippen LogP) is 4.36. The number of furan rings is 1. The van der Waals surface area contributed by atoms with Gasteiger partial charge in [-0.15, -0.1) is 0 Å². The van der Waals surface area contributed by atoms with Crippen molar-refractivity contribution in [2.45, 2.75) is 45.7 Å². The van der Waals surface area contributed by atoms with Crippen LogP contribution in [0.15, 0.2) is 40.8 Å². The van der Waals surface area contributed by atoms with Crippen LogP contribution in [0.3, 0.4) is 0 Å². The summed E-state index contributed by atoms with van der Waals surface area (Å²) in [5.74, 6) is 1.89. The zero-order valence-corrected chi connectivity index (χ0v) is 16.8. The Hall–Kier alpha value is -2.11. The largest absolute Gasteiger partial charge is 0.455 e. The van der Waals surface area contributed by atoms with Crippen LogP contribution in [-0.4, -0.2) is 41.9 Å². The molecule has 4 rings (SSSR count). The van der Waals surface area contributed by atoms with E-state index in [1.165, 1.54) is 25.7 Å². The lowest BCUT2D eigenvalue weighted by Gasteiger charge is -2.29. The SMILES string of the molecule is CC1CCN(Cc2ccc(C(=O)Nc3ccccc3CN3CCCC3)o2)CC1. The second kappa shape index (κ2) is 8.93. The van der Waals surface area contributed by atoms with Crippen molar-refractivity contribution < 1.29 is 9.21 Å². The molecule has 0 unspecified atom stereocenters. The Balaban J connectivity index is 1.37. The molecule has 2 fully saturated rings. The maximum atomic E-state index is 12.7. The van der Waals surface area contributed by atoms with Crippen molar-refractivity contribution in [3.05, 3.63) is 53.5 Å². The number of amides is 1. The van der Waals surface area contributed by atoms with E-state index >= 15 is 0 Å². The zero-order valence-electron chi connectivity index (χ0n) is 16.8. The van der Waals surface area contributed by atoms with Crippen molar-refractivity contribution in [1.29, 1.82) is 0 Å². The van der Waals surface area contributed by atoms with Gasteiger partial charge in [-0.3, -0.25) is 14.6 Å². The molecule has 3 heterocycles. The van der Waals surface area contributed by atoms with Crippen LogP contribution >= 0.6 is 0 Å². The standard InChI is InChI=1S/C23H31N3O2/c1-18-10-14-26(15-11-18)17-20-8-9-22(28-20)23(27)24-21-7-3-2-6-19(21)16-25-12-4-5-13-25/h2-3,6-9,18H,4-5,10-17H2,1H3,(H,24,27). The van der Waals surface area contributed by atoms with Crippen molar-refractivity contribution in [3.8, 4) is 0 Å². The monoisotopic (exact) mass is 381 g/mol. The summed E-state index contributed by atoms with van der Waals surface area (Å²) < 4.78 is 5.86. The molecule has 1 N–H and O–H groups in total. The number of nitrogens with zero attached hydrogens (tertiary/aromatic N) is 2. The number of hydrogen-bond acceptors (Lipinski definition) is 4. The number of carbonyl (C=O) groups excluding carboxylic acids is 1. The van der Waals surface area contributed by atoms with Crippen LogP contribution in [0.2, 0.25) is 0 Å². The second-order valence-corrected chi connectivity index (χ2v) is 8.32. The minimum absolute atomic E-state index is 0.174. The highest BCUT2D eigenvalue weighted by Gasteiger charge is 2.19. The van der Waals surface area contributed by atoms with Gasteiger partial charge < -0.3 is 9.73 Å². The summed E-state index contributed by atoms with van der Waals surface area (Å²) >= 11 is 0. The Labute approximate surface area is 167 Å². The fraction of sp³-hybridized carbons (Fsp3) is 0.522. The topological polar surface area (TPSA) is 48.7 Å². The van der Waals surface area contributed by atoms with Crippen molar-refractivity contribution >= 4 is 11.6 Å². The molecule has 2 saturated heterocycles. The lowest BCUT2D eigenvalue weighted by atomic mass is 9.99. The molecule has 2 aromatic rings. The van der Waals surface area contributed by atoms with Gasteiger partial charge in [0.15, 0.2) is 5.76 Å². The molecule has 1 aromatic heterocycles. The summed E-state index contributed by atoms with van der Waals surface area (Å²) in [6.07, 6.45) is 5.00. The number of hydrogen-bond donors (Lipinski definition) is 1. The first-order valence-corrected chi connectivity index (χ1v) is 10.6. The normalized spacial score (nSPS) is 19.2. The maximum absolute atomic E-state index is 12.7. The van der Waals surface area contributed by atoms with Gasteiger partial charge in [0, 0.05) is 12.2 Å². The van der Waals surface area contributed by atoms with Crippen LogP contribution in [0.1, 0.15) is 54.5 Å². The van der Waals surface area contributed by atoms with Gasteiger partial charge in [-0.05, 0) is 81.5 Å². The van der Waals surface area contributed by atoms with Crippen LogP contribution in [0.5, 0.6) is 0 Å². The molecule has 2 aliphatic heterocycles. The number of nitrogens with one attached hydrogen (secondary N) is 1. The lowest BCUT2D eigenvalue weighted by Crippen LogP contribution is -2.32. The highest BCUT2D eigenvalue weighted by atomic mass is 16.4. The third kappa shape index (κ3) is 4.83. The highest BCUT2D eigenvalue weighted by Crippen LogP contribution is 2.22. The zero-order chi connectivity index (χ0) is 19.3. The Morgan fingerprint density at radius 2 is 1.71 bits per heavy atom. The van der Waals surface area contributed by atoms with E-state index in [1.807, 2.05) is 24.3 Å². The van der Waals surface area contributed by atoms with Crippen LogP contribution in [0, 0.1) is 5.92 Å². The molecule has 5 heteroatoms. The smallest absolute Gasteiger partial charge is 0.291 e. The Morgan fingerprint density at radius 1 is 1.00 bits per heavy atom. The number of piperidine rings is 1. The number of benzene rings is 1. The van der Waals surface area contributed by atoms with Crippen molar-refractivity contribution in [2.75, 3.05) is 31.5 Å². The van der Waals surface area contributed by atoms with Crippen LogP contribution < -0.4 is 5.32 Å². The minimum Gasteiger partial charge on any atom is -0.455 e. The van der Waals surface area contributed by atoms with Gasteiger partial charge in [-0.1, -0.05) is 25.1 Å². The minimum atomic E-state index is -0.174.